The summed E-state index contributed by atoms with van der Waals surface area (Å²) in [5, 5.41) is 15.1. The van der Waals surface area contributed by atoms with Crippen molar-refractivity contribution in [3.63, 3.8) is 0 Å². The summed E-state index contributed by atoms with van der Waals surface area (Å²) in [6.45, 7) is 0.456. The Balaban J connectivity index is 2.02. The van der Waals surface area contributed by atoms with Crippen molar-refractivity contribution in [2.45, 2.75) is 6.42 Å². The number of halogens is 2. The van der Waals surface area contributed by atoms with Crippen LogP contribution in [0.25, 0.3) is 0 Å². The van der Waals surface area contributed by atoms with E-state index in [4.69, 9.17) is 9.78 Å². The Bertz CT molecular complexity index is 579. The molecule has 0 spiro atoms. The van der Waals surface area contributed by atoms with Gasteiger partial charge in [0.05, 0.1) is 15.7 Å². The first kappa shape index (κ1) is 12.5. The second-order valence-electron chi connectivity index (χ2n) is 3.41. The molecule has 0 saturated heterocycles. The van der Waals surface area contributed by atoms with E-state index in [2.05, 4.69) is 31.4 Å². The summed E-state index contributed by atoms with van der Waals surface area (Å²) >= 11 is 3.04. The predicted molar refractivity (Wildman–Crippen MR) is 65.3 cm³/mol. The molecule has 0 aliphatic heterocycles. The van der Waals surface area contributed by atoms with Crippen LogP contribution in [0.3, 0.4) is 0 Å². The molecular formula is C11H8BrFN4O. The third-order valence-electron chi connectivity index (χ3n) is 2.26. The van der Waals surface area contributed by atoms with Crippen LogP contribution in [0.5, 0.6) is 0 Å². The van der Waals surface area contributed by atoms with E-state index in [9.17, 15) is 4.39 Å². The Labute approximate surface area is 111 Å². The fraction of sp³-hybridized carbons (Fsp3) is 0.182. The molecular weight excluding hydrogens is 303 g/mol. The van der Waals surface area contributed by atoms with Crippen LogP contribution >= 0.6 is 15.9 Å². The van der Waals surface area contributed by atoms with Gasteiger partial charge in [-0.2, -0.15) is 10.2 Å². The number of hydrogen-bond donors (Lipinski definition) is 1. The average Bonchev–Trinajstić information content (AvgIpc) is 2.88. The van der Waals surface area contributed by atoms with Crippen molar-refractivity contribution in [2.75, 3.05) is 11.9 Å². The third-order valence-corrected chi connectivity index (χ3v) is 3.04. The van der Waals surface area contributed by atoms with E-state index in [0.29, 0.717) is 24.5 Å². The van der Waals surface area contributed by atoms with Crippen molar-refractivity contribution in [2.24, 2.45) is 0 Å². The summed E-state index contributed by atoms with van der Waals surface area (Å²) < 4.78 is 18.8. The zero-order chi connectivity index (χ0) is 13.0. The van der Waals surface area contributed by atoms with Gasteiger partial charge in [0.25, 0.3) is 0 Å². The molecule has 2 rings (SSSR count). The largest absolute Gasteiger partial charge is 0.382 e. The van der Waals surface area contributed by atoms with Gasteiger partial charge in [-0.15, -0.1) is 0 Å². The van der Waals surface area contributed by atoms with Crippen LogP contribution < -0.4 is 5.32 Å². The molecule has 7 heteroatoms. The highest BCUT2D eigenvalue weighted by molar-refractivity contribution is 9.10. The zero-order valence-corrected chi connectivity index (χ0v) is 10.7. The van der Waals surface area contributed by atoms with Gasteiger partial charge >= 0.3 is 0 Å². The lowest BCUT2D eigenvalue weighted by atomic mass is 10.2. The molecule has 0 atom stereocenters. The minimum absolute atomic E-state index is 0.160. The molecule has 92 valence electrons. The molecule has 0 saturated carbocycles. The first-order chi connectivity index (χ1) is 8.72. The summed E-state index contributed by atoms with van der Waals surface area (Å²) in [6.07, 6.45) is 1.81. The van der Waals surface area contributed by atoms with Gasteiger partial charge in [0.15, 0.2) is 12.1 Å². The number of nitrogens with zero attached hydrogens (tertiary/aromatic N) is 3. The molecule has 1 N–H and O–H groups in total. The summed E-state index contributed by atoms with van der Waals surface area (Å²) in [5.41, 5.74) is 0.579. The maximum atomic E-state index is 13.8. The Morgan fingerprint density at radius 3 is 3.00 bits per heavy atom. The maximum absolute atomic E-state index is 13.8. The van der Waals surface area contributed by atoms with E-state index < -0.39 is 5.82 Å². The summed E-state index contributed by atoms with van der Waals surface area (Å²) in [5.74, 6) is -0.00445. The zero-order valence-electron chi connectivity index (χ0n) is 9.15. The number of nitriles is 1. The van der Waals surface area contributed by atoms with Gasteiger partial charge in [0.2, 0.25) is 5.89 Å². The molecule has 18 heavy (non-hydrogen) atoms. The molecule has 2 aromatic rings. The molecule has 1 aromatic heterocycles. The van der Waals surface area contributed by atoms with Crippen molar-refractivity contribution in [1.82, 2.24) is 10.1 Å². The van der Waals surface area contributed by atoms with Gasteiger partial charge in [-0.1, -0.05) is 5.16 Å². The molecule has 0 radical (unpaired) electrons. The van der Waals surface area contributed by atoms with Gasteiger partial charge < -0.3 is 9.84 Å². The monoisotopic (exact) mass is 310 g/mol. The fourth-order valence-corrected chi connectivity index (χ4v) is 1.82. The standard InChI is InChI=1S/C11H8BrFN4O/c12-10-7(5-14)1-2-8(11(10)13)15-4-3-9-16-6-17-18-9/h1-2,6,15H,3-4H2. The summed E-state index contributed by atoms with van der Waals surface area (Å²) in [4.78, 5) is 3.85. The number of aromatic nitrogens is 2. The van der Waals surface area contributed by atoms with Crippen LogP contribution in [0.2, 0.25) is 0 Å². The van der Waals surface area contributed by atoms with Gasteiger partial charge in [-0.25, -0.2) is 4.39 Å². The fourth-order valence-electron chi connectivity index (χ4n) is 1.38. The van der Waals surface area contributed by atoms with Crippen molar-refractivity contribution >= 4 is 21.6 Å². The molecule has 0 amide bonds. The van der Waals surface area contributed by atoms with Gasteiger partial charge in [0.1, 0.15) is 6.07 Å². The van der Waals surface area contributed by atoms with Crippen LogP contribution in [0.4, 0.5) is 10.1 Å². The molecule has 1 aromatic carbocycles. The Hall–Kier alpha value is -1.94. The summed E-state index contributed by atoms with van der Waals surface area (Å²) in [6, 6.07) is 4.96. The highest BCUT2D eigenvalue weighted by Crippen LogP contribution is 2.26. The van der Waals surface area contributed by atoms with E-state index in [1.165, 1.54) is 12.4 Å². The number of benzene rings is 1. The van der Waals surface area contributed by atoms with Crippen molar-refractivity contribution in [3.8, 4) is 6.07 Å². The second-order valence-corrected chi connectivity index (χ2v) is 4.21. The van der Waals surface area contributed by atoms with Crippen molar-refractivity contribution in [1.29, 1.82) is 5.26 Å². The van der Waals surface area contributed by atoms with Crippen LogP contribution in [-0.2, 0) is 6.42 Å². The predicted octanol–water partition coefficient (Wildman–Crippen LogP) is 2.50. The van der Waals surface area contributed by atoms with E-state index in [1.807, 2.05) is 6.07 Å². The SMILES string of the molecule is N#Cc1ccc(NCCc2ncno2)c(F)c1Br. The summed E-state index contributed by atoms with van der Waals surface area (Å²) in [7, 11) is 0. The van der Waals surface area contributed by atoms with E-state index in [-0.39, 0.29) is 10.0 Å². The Morgan fingerprint density at radius 1 is 1.50 bits per heavy atom. The third kappa shape index (κ3) is 2.65. The first-order valence-electron chi connectivity index (χ1n) is 5.10. The average molecular weight is 311 g/mol. The first-order valence-corrected chi connectivity index (χ1v) is 5.89. The van der Waals surface area contributed by atoms with Gasteiger partial charge in [-0.3, -0.25) is 0 Å². The van der Waals surface area contributed by atoms with Crippen molar-refractivity contribution < 1.29 is 8.91 Å². The van der Waals surface area contributed by atoms with Crippen molar-refractivity contribution in [3.05, 3.63) is 40.2 Å². The van der Waals surface area contributed by atoms with Crippen LogP contribution in [0, 0.1) is 17.1 Å². The minimum atomic E-state index is -0.487. The van der Waals surface area contributed by atoms with E-state index in [0.717, 1.165) is 0 Å². The molecule has 1 heterocycles. The Morgan fingerprint density at radius 2 is 2.33 bits per heavy atom. The molecule has 0 fully saturated rings. The Kier molecular flexibility index (Phi) is 3.89. The molecule has 0 aliphatic carbocycles. The number of nitrogens with one attached hydrogen (secondary N) is 1. The molecule has 0 aliphatic rings. The highest BCUT2D eigenvalue weighted by atomic mass is 79.9. The quantitative estimate of drug-likeness (QED) is 0.939. The van der Waals surface area contributed by atoms with E-state index in [1.54, 1.807) is 6.07 Å². The molecule has 0 bridgehead atoms. The second kappa shape index (κ2) is 5.60. The lowest BCUT2D eigenvalue weighted by Crippen LogP contribution is -2.07. The number of rotatable bonds is 4. The smallest absolute Gasteiger partial charge is 0.228 e. The normalized spacial score (nSPS) is 10.1. The van der Waals surface area contributed by atoms with Gasteiger partial charge in [0, 0.05) is 13.0 Å². The van der Waals surface area contributed by atoms with Gasteiger partial charge in [-0.05, 0) is 28.1 Å². The number of hydrogen-bond acceptors (Lipinski definition) is 5. The van der Waals surface area contributed by atoms with Crippen LogP contribution in [-0.4, -0.2) is 16.7 Å². The highest BCUT2D eigenvalue weighted by Gasteiger charge is 2.10. The maximum Gasteiger partial charge on any atom is 0.228 e. The lowest BCUT2D eigenvalue weighted by Gasteiger charge is -2.08. The van der Waals surface area contributed by atoms with E-state index >= 15 is 0 Å². The minimum Gasteiger partial charge on any atom is -0.382 e. The topological polar surface area (TPSA) is 74.7 Å². The van der Waals surface area contributed by atoms with Crippen LogP contribution in [0.1, 0.15) is 11.5 Å². The molecule has 5 nitrogen and oxygen atoms in total. The van der Waals surface area contributed by atoms with Crippen LogP contribution in [0.15, 0.2) is 27.5 Å². The molecule has 0 unspecified atom stereocenters. The number of anilines is 1. The lowest BCUT2D eigenvalue weighted by molar-refractivity contribution is 0.379.